The second-order valence-corrected chi connectivity index (χ2v) is 25.9. The molecule has 0 rings (SSSR count). The molecule has 0 aliphatic heterocycles. The Labute approximate surface area is 191 Å². The molecule has 0 bridgehead atoms. The maximum absolute atomic E-state index is 2.53. The van der Waals surface area contributed by atoms with Crippen LogP contribution in [0.25, 0.3) is 0 Å². The van der Waals surface area contributed by atoms with Gasteiger partial charge in [0.15, 0.2) is 0 Å². The van der Waals surface area contributed by atoms with Gasteiger partial charge in [-0.2, -0.15) is 0 Å². The maximum Gasteiger partial charge on any atom is -0.0179 e. The first kappa shape index (κ1) is 30.7. The predicted molar refractivity (Wildman–Crippen MR) is 152 cm³/mol. The minimum atomic E-state index is 0.143. The third-order valence-electron chi connectivity index (χ3n) is 6.45. The summed E-state index contributed by atoms with van der Waals surface area (Å²) in [5.74, 6) is 0. The lowest BCUT2D eigenvalue weighted by Gasteiger charge is -2.37. The Balaban J connectivity index is 4.83. The fourth-order valence-electron chi connectivity index (χ4n) is 3.23. The van der Waals surface area contributed by atoms with Crippen LogP contribution >= 0.6 is 31.7 Å². The van der Waals surface area contributed by atoms with E-state index in [0.717, 1.165) is 0 Å². The summed E-state index contributed by atoms with van der Waals surface area (Å²) in [5, 5.41) is 2.05. The van der Waals surface area contributed by atoms with Crippen molar-refractivity contribution in [3.63, 3.8) is 0 Å². The highest BCUT2D eigenvalue weighted by Crippen LogP contribution is 2.57. The minimum Gasteiger partial charge on any atom is -0.104 e. The summed E-state index contributed by atoms with van der Waals surface area (Å²) in [6.45, 7) is 34.7. The highest BCUT2D eigenvalue weighted by molar-refractivity contribution is 7.63. The average Bonchev–Trinajstić information content (AvgIpc) is 2.48. The third kappa shape index (κ3) is 13.1. The van der Waals surface area contributed by atoms with Gasteiger partial charge in [-0.05, 0) is 77.3 Å². The molecule has 0 aromatic carbocycles. The summed E-state index contributed by atoms with van der Waals surface area (Å²) in [6.07, 6.45) is 10.4. The molecule has 176 valence electrons. The Kier molecular flexibility index (Phi) is 13.0. The van der Waals surface area contributed by atoms with E-state index in [4.69, 9.17) is 0 Å². The molecule has 0 aromatic heterocycles. The molecule has 0 spiro atoms. The summed E-state index contributed by atoms with van der Waals surface area (Å²) in [5.41, 5.74) is 0. The molecule has 4 unspecified atom stereocenters. The molecule has 0 N–H and O–H groups in total. The van der Waals surface area contributed by atoms with Gasteiger partial charge in [0.05, 0.1) is 0 Å². The van der Waals surface area contributed by atoms with Crippen molar-refractivity contribution in [2.45, 2.75) is 110 Å². The summed E-state index contributed by atoms with van der Waals surface area (Å²) < 4.78 is 0. The van der Waals surface area contributed by atoms with Crippen LogP contribution in [-0.2, 0) is 0 Å². The molecular weight excluding hydrogens is 424 g/mol. The number of hydrogen-bond donors (Lipinski definition) is 0. The topological polar surface area (TPSA) is 0 Å². The fraction of sp³-hybridized carbons (Fsp3) is 1.00. The second-order valence-electron chi connectivity index (χ2n) is 12.9. The highest BCUT2D eigenvalue weighted by Gasteiger charge is 2.29. The van der Waals surface area contributed by atoms with Crippen molar-refractivity contribution in [1.29, 1.82) is 0 Å². The van der Waals surface area contributed by atoms with Crippen molar-refractivity contribution in [2.75, 3.05) is 50.3 Å². The maximum atomic E-state index is 2.53. The third-order valence-corrected chi connectivity index (χ3v) is 20.6. The molecule has 0 aliphatic rings. The van der Waals surface area contributed by atoms with E-state index in [-0.39, 0.29) is 31.7 Å². The van der Waals surface area contributed by atoms with E-state index in [1.54, 1.807) is 0 Å². The van der Waals surface area contributed by atoms with Gasteiger partial charge in [-0.1, -0.05) is 83.1 Å². The molecular formula is C25H56P4. The zero-order valence-electron chi connectivity index (χ0n) is 22.7. The Bertz CT molecular complexity index is 403. The molecule has 0 aromatic rings. The Morgan fingerprint density at radius 3 is 0.862 bits per heavy atom. The molecule has 0 amide bonds. The number of rotatable bonds is 10. The SMILES string of the molecule is CP(CCP(CCCP(CCP(C)C(C)(C)C)C(C)(C)C)C(C)(C)C)C(C)(C)C. The van der Waals surface area contributed by atoms with Crippen LogP contribution in [0.4, 0.5) is 0 Å². The summed E-state index contributed by atoms with van der Waals surface area (Å²) in [7, 11) is 0.587. The summed E-state index contributed by atoms with van der Waals surface area (Å²) in [6, 6.07) is 0. The van der Waals surface area contributed by atoms with Crippen LogP contribution in [0.5, 0.6) is 0 Å². The predicted octanol–water partition coefficient (Wildman–Crippen LogP) is 9.76. The van der Waals surface area contributed by atoms with Crippen molar-refractivity contribution in [3.8, 4) is 0 Å². The molecule has 0 nitrogen and oxygen atoms in total. The van der Waals surface area contributed by atoms with E-state index in [2.05, 4.69) is 96.4 Å². The largest absolute Gasteiger partial charge is 0.104 e. The molecule has 0 heterocycles. The standard InChI is InChI=1S/C25H56P4/c1-22(2,3)26(13)18-20-28(24(7,8)9)16-15-17-29(25(10,11)12)21-19-27(14)23(4,5)6/h15-21H2,1-14H3. The first-order chi connectivity index (χ1) is 12.8. The van der Waals surface area contributed by atoms with Gasteiger partial charge in [0.2, 0.25) is 0 Å². The molecule has 0 saturated carbocycles. The summed E-state index contributed by atoms with van der Waals surface area (Å²) >= 11 is 0. The lowest BCUT2D eigenvalue weighted by atomic mass is 10.3. The van der Waals surface area contributed by atoms with Crippen LogP contribution in [-0.4, -0.2) is 70.9 Å². The van der Waals surface area contributed by atoms with E-state index in [9.17, 15) is 0 Å². The molecule has 0 saturated heterocycles. The van der Waals surface area contributed by atoms with Crippen LogP contribution in [0.15, 0.2) is 0 Å². The molecule has 29 heavy (non-hydrogen) atoms. The first-order valence-electron chi connectivity index (χ1n) is 11.7. The lowest BCUT2D eigenvalue weighted by molar-refractivity contribution is 0.766. The number of hydrogen-bond acceptors (Lipinski definition) is 0. The van der Waals surface area contributed by atoms with Crippen LogP contribution in [0.3, 0.4) is 0 Å². The van der Waals surface area contributed by atoms with Crippen LogP contribution in [0, 0.1) is 0 Å². The molecule has 4 heteroatoms. The first-order valence-corrected chi connectivity index (χ1v) is 19.1. The Hall–Kier alpha value is 1.72. The van der Waals surface area contributed by atoms with E-state index in [1.807, 2.05) is 0 Å². The van der Waals surface area contributed by atoms with Gasteiger partial charge in [-0.3, -0.25) is 0 Å². The monoisotopic (exact) mass is 480 g/mol. The van der Waals surface area contributed by atoms with Gasteiger partial charge in [0, 0.05) is 0 Å². The molecule has 4 atom stereocenters. The van der Waals surface area contributed by atoms with E-state index in [0.29, 0.717) is 20.6 Å². The van der Waals surface area contributed by atoms with Crippen molar-refractivity contribution in [1.82, 2.24) is 0 Å². The smallest absolute Gasteiger partial charge is 0.0179 e. The van der Waals surface area contributed by atoms with Crippen molar-refractivity contribution in [3.05, 3.63) is 0 Å². The van der Waals surface area contributed by atoms with Crippen LogP contribution in [0.2, 0.25) is 0 Å². The fourth-order valence-corrected chi connectivity index (χ4v) is 13.4. The Morgan fingerprint density at radius 1 is 0.379 bits per heavy atom. The minimum absolute atomic E-state index is 0.143. The molecule has 0 aliphatic carbocycles. The zero-order valence-corrected chi connectivity index (χ0v) is 26.3. The van der Waals surface area contributed by atoms with Gasteiger partial charge in [-0.25, -0.2) is 0 Å². The normalized spacial score (nSPS) is 18.4. The van der Waals surface area contributed by atoms with Crippen LogP contribution in [0.1, 0.15) is 89.5 Å². The van der Waals surface area contributed by atoms with Crippen molar-refractivity contribution in [2.24, 2.45) is 0 Å². The zero-order chi connectivity index (χ0) is 23.3. The average molecular weight is 481 g/mol. The van der Waals surface area contributed by atoms with E-state index < -0.39 is 0 Å². The Morgan fingerprint density at radius 2 is 0.655 bits per heavy atom. The van der Waals surface area contributed by atoms with Crippen molar-refractivity contribution < 1.29 is 0 Å². The quantitative estimate of drug-likeness (QED) is 0.273. The van der Waals surface area contributed by atoms with Crippen LogP contribution < -0.4 is 0 Å². The second kappa shape index (κ2) is 12.3. The van der Waals surface area contributed by atoms with Gasteiger partial charge >= 0.3 is 0 Å². The molecule has 0 fully saturated rings. The van der Waals surface area contributed by atoms with Gasteiger partial charge in [-0.15, -0.1) is 31.7 Å². The molecule has 0 radical (unpaired) electrons. The summed E-state index contributed by atoms with van der Waals surface area (Å²) in [4.78, 5) is 0. The van der Waals surface area contributed by atoms with Crippen molar-refractivity contribution >= 4 is 31.7 Å². The van der Waals surface area contributed by atoms with E-state index >= 15 is 0 Å². The highest BCUT2D eigenvalue weighted by atomic mass is 31.1. The van der Waals surface area contributed by atoms with Gasteiger partial charge < -0.3 is 0 Å². The van der Waals surface area contributed by atoms with Gasteiger partial charge in [0.25, 0.3) is 0 Å². The van der Waals surface area contributed by atoms with Gasteiger partial charge in [0.1, 0.15) is 0 Å². The van der Waals surface area contributed by atoms with E-state index in [1.165, 1.54) is 43.4 Å². The lowest BCUT2D eigenvalue weighted by Crippen LogP contribution is -2.21.